The molecule has 0 radical (unpaired) electrons. The first-order valence-corrected chi connectivity index (χ1v) is 16.2. The van der Waals surface area contributed by atoms with Gasteiger partial charge in [-0.3, -0.25) is 0 Å². The number of allylic oxidation sites excluding steroid dienone is 4. The van der Waals surface area contributed by atoms with Crippen LogP contribution in [0.5, 0.6) is 5.75 Å². The second-order valence-electron chi connectivity index (χ2n) is 9.84. The maximum atomic E-state index is 5.87. The first-order chi connectivity index (χ1) is 18.2. The highest BCUT2D eigenvalue weighted by Crippen LogP contribution is 2.48. The van der Waals surface area contributed by atoms with Crippen molar-refractivity contribution in [2.24, 2.45) is 0 Å². The molecule has 3 aliphatic carbocycles. The van der Waals surface area contributed by atoms with Crippen LogP contribution in [0.15, 0.2) is 74.5 Å². The average molecular weight is 565 g/mol. The normalized spacial score (nSPS) is 21.3. The fourth-order valence-corrected chi connectivity index (χ4v) is 7.91. The number of rotatable bonds is 9. The molecular weight excluding hydrogens is 537 g/mol. The molecule has 7 rings (SSSR count). The number of thioether (sulfide) groups is 1. The highest BCUT2D eigenvalue weighted by molar-refractivity contribution is 8.03. The monoisotopic (exact) mass is 564 g/mol. The summed E-state index contributed by atoms with van der Waals surface area (Å²) in [6.45, 7) is 3.18. The molecule has 0 saturated heterocycles. The van der Waals surface area contributed by atoms with Crippen molar-refractivity contribution in [3.8, 4) is 5.75 Å². The molecule has 2 fully saturated rings. The van der Waals surface area contributed by atoms with Crippen LogP contribution in [-0.4, -0.2) is 22.9 Å². The predicted molar refractivity (Wildman–Crippen MR) is 160 cm³/mol. The lowest BCUT2D eigenvalue weighted by Gasteiger charge is -2.18. The first-order valence-electron chi connectivity index (χ1n) is 13.0. The van der Waals surface area contributed by atoms with Gasteiger partial charge in [0.1, 0.15) is 10.8 Å². The third kappa shape index (κ3) is 5.64. The van der Waals surface area contributed by atoms with Gasteiger partial charge in [-0.15, -0.1) is 11.3 Å². The molecule has 0 bridgehead atoms. The van der Waals surface area contributed by atoms with Crippen LogP contribution in [0.25, 0.3) is 16.3 Å². The molecule has 3 aromatic rings. The van der Waals surface area contributed by atoms with Crippen molar-refractivity contribution in [2.45, 2.75) is 66.6 Å². The van der Waals surface area contributed by atoms with Gasteiger partial charge in [0.25, 0.3) is 0 Å². The molecule has 0 amide bonds. The summed E-state index contributed by atoms with van der Waals surface area (Å²) in [6, 6.07) is 13.0. The quantitative estimate of drug-likeness (QED) is 0.240. The van der Waals surface area contributed by atoms with E-state index in [1.807, 2.05) is 11.8 Å². The van der Waals surface area contributed by atoms with E-state index in [0.717, 1.165) is 35.7 Å². The summed E-state index contributed by atoms with van der Waals surface area (Å²) in [5.74, 6) is 0.903. The lowest BCUT2D eigenvalue weighted by atomic mass is 10.2. The van der Waals surface area contributed by atoms with Gasteiger partial charge >= 0.3 is 0 Å². The zero-order valence-electron chi connectivity index (χ0n) is 20.6. The van der Waals surface area contributed by atoms with Crippen molar-refractivity contribution in [3.63, 3.8) is 0 Å². The molecule has 1 aromatic heterocycles. The van der Waals surface area contributed by atoms with E-state index >= 15 is 0 Å². The summed E-state index contributed by atoms with van der Waals surface area (Å²) in [4.78, 5) is 9.82. The lowest BCUT2D eigenvalue weighted by molar-refractivity contribution is 0.360. The summed E-state index contributed by atoms with van der Waals surface area (Å²) in [7, 11) is 0. The number of benzene rings is 2. The largest absolute Gasteiger partial charge is 0.425 e. The molecule has 0 spiro atoms. The van der Waals surface area contributed by atoms with Crippen molar-refractivity contribution in [1.82, 2.24) is 4.98 Å². The van der Waals surface area contributed by atoms with Crippen LogP contribution >= 0.6 is 47.2 Å². The topological polar surface area (TPSA) is 34.6 Å². The fraction of sp³-hybridized carbons (Fsp3) is 0.345. The summed E-state index contributed by atoms with van der Waals surface area (Å²) >= 11 is 6.74. The highest BCUT2D eigenvalue weighted by atomic mass is 32.2. The molecule has 4 aliphatic rings. The van der Waals surface area contributed by atoms with E-state index in [2.05, 4.69) is 66.4 Å². The summed E-state index contributed by atoms with van der Waals surface area (Å²) in [6.07, 6.45) is 14.5. The SMILES string of the molecule is CCN1/C(=C/C2=CC(=C/c3nc4cc(OSC5CC5)ccc4s3)/CC2)Sc2ccc(SOC3CC3)cc21. The van der Waals surface area contributed by atoms with E-state index in [4.69, 9.17) is 13.4 Å². The first kappa shape index (κ1) is 24.2. The highest BCUT2D eigenvalue weighted by Gasteiger charge is 2.27. The van der Waals surface area contributed by atoms with Crippen LogP contribution in [0.3, 0.4) is 0 Å². The lowest BCUT2D eigenvalue weighted by Crippen LogP contribution is -2.16. The molecule has 0 atom stereocenters. The Labute approximate surface area is 235 Å². The van der Waals surface area contributed by atoms with Crippen molar-refractivity contribution in [2.75, 3.05) is 11.4 Å². The second kappa shape index (κ2) is 10.4. The van der Waals surface area contributed by atoms with Crippen molar-refractivity contribution >= 4 is 69.2 Å². The van der Waals surface area contributed by atoms with Gasteiger partial charge in [-0.25, -0.2) is 4.98 Å². The van der Waals surface area contributed by atoms with Gasteiger partial charge in [0.15, 0.2) is 0 Å². The van der Waals surface area contributed by atoms with Crippen LogP contribution in [0.1, 0.15) is 50.5 Å². The molecule has 0 N–H and O–H groups in total. The van der Waals surface area contributed by atoms with Gasteiger partial charge in [-0.2, -0.15) is 0 Å². The smallest absolute Gasteiger partial charge is 0.139 e. The number of aromatic nitrogens is 1. The van der Waals surface area contributed by atoms with Crippen molar-refractivity contribution < 1.29 is 8.37 Å². The van der Waals surface area contributed by atoms with Crippen LogP contribution in [-0.2, 0) is 4.18 Å². The minimum atomic E-state index is 0.451. The Morgan fingerprint density at radius 1 is 1.08 bits per heavy atom. The number of hydrogen-bond donors (Lipinski definition) is 0. The molecule has 190 valence electrons. The van der Waals surface area contributed by atoms with Gasteiger partial charge in [0.05, 0.1) is 39.1 Å². The van der Waals surface area contributed by atoms with Gasteiger partial charge in [0.2, 0.25) is 0 Å². The summed E-state index contributed by atoms with van der Waals surface area (Å²) < 4.78 is 12.9. The number of thiazole rings is 1. The summed E-state index contributed by atoms with van der Waals surface area (Å²) in [5, 5.41) is 3.05. The fourth-order valence-electron chi connectivity index (χ4n) is 4.40. The van der Waals surface area contributed by atoms with E-state index in [-0.39, 0.29) is 0 Å². The maximum absolute atomic E-state index is 5.87. The molecular formula is C29H28N2O2S4. The van der Waals surface area contributed by atoms with Crippen molar-refractivity contribution in [3.05, 3.63) is 69.7 Å². The Kier molecular flexibility index (Phi) is 6.79. The number of hydrogen-bond acceptors (Lipinski definition) is 8. The van der Waals surface area contributed by atoms with Crippen LogP contribution in [0.2, 0.25) is 0 Å². The third-order valence-corrected chi connectivity index (χ3v) is 10.6. The van der Waals surface area contributed by atoms with Crippen LogP contribution in [0.4, 0.5) is 5.69 Å². The molecule has 8 heteroatoms. The molecule has 4 nitrogen and oxygen atoms in total. The number of fused-ring (bicyclic) bond motifs is 2. The molecule has 1 aliphatic heterocycles. The van der Waals surface area contributed by atoms with E-state index in [9.17, 15) is 0 Å². The molecule has 2 heterocycles. The van der Waals surface area contributed by atoms with Crippen molar-refractivity contribution in [1.29, 1.82) is 0 Å². The molecule has 37 heavy (non-hydrogen) atoms. The zero-order valence-corrected chi connectivity index (χ0v) is 23.9. The molecule has 2 aromatic carbocycles. The van der Waals surface area contributed by atoms with E-state index < -0.39 is 0 Å². The minimum Gasteiger partial charge on any atom is -0.425 e. The van der Waals surface area contributed by atoms with Gasteiger partial charge in [0, 0.05) is 39.7 Å². The Bertz CT molecular complexity index is 1430. The zero-order chi connectivity index (χ0) is 24.8. The average Bonchev–Trinajstić information content (AvgIpc) is 3.80. The van der Waals surface area contributed by atoms with E-state index in [0.29, 0.717) is 11.4 Å². The Morgan fingerprint density at radius 3 is 2.84 bits per heavy atom. The van der Waals surface area contributed by atoms with Crippen LogP contribution in [0, 0.1) is 0 Å². The third-order valence-electron chi connectivity index (χ3n) is 6.69. The Morgan fingerprint density at radius 2 is 2.00 bits per heavy atom. The van der Waals surface area contributed by atoms with Gasteiger partial charge in [-0.1, -0.05) is 17.8 Å². The number of anilines is 1. The van der Waals surface area contributed by atoms with Gasteiger partial charge in [-0.05, 0) is 99.1 Å². The molecule has 2 saturated carbocycles. The number of nitrogens with zero attached hydrogens (tertiary/aromatic N) is 2. The van der Waals surface area contributed by atoms with Crippen LogP contribution < -0.4 is 9.08 Å². The Hall–Kier alpha value is -1.84. The molecule has 0 unspecified atom stereocenters. The van der Waals surface area contributed by atoms with Gasteiger partial charge < -0.3 is 13.3 Å². The minimum absolute atomic E-state index is 0.451. The summed E-state index contributed by atoms with van der Waals surface area (Å²) in [5.41, 5.74) is 5.06. The second-order valence-corrected chi connectivity index (χ2v) is 13.8. The standard InChI is InChI=1S/C29H28N2O2S4/c1-2-31-25-17-23(37-32-20-5-6-20)10-12-27(25)35-29(31)15-19-4-3-18(13-19)14-28-30-24-16-21(7-11-26(24)34-28)33-36-22-8-9-22/h7,10-17,20,22H,2-6,8-9H2,1H3/b18-14+,29-15-. The predicted octanol–water partition coefficient (Wildman–Crippen LogP) is 9.25. The van der Waals surface area contributed by atoms with E-state index in [1.165, 1.54) is 74.1 Å². The Balaban J connectivity index is 1.06. The maximum Gasteiger partial charge on any atom is 0.139 e. The van der Waals surface area contributed by atoms with E-state index in [1.54, 1.807) is 23.4 Å².